The van der Waals surface area contributed by atoms with Crippen LogP contribution in [0.4, 0.5) is 4.79 Å². The Morgan fingerprint density at radius 3 is 2.72 bits per heavy atom. The molecule has 6 heteroatoms. The monoisotopic (exact) mass is 431 g/mol. The standard InChI is InChI=1S/C26H29N3O3/c1-3-5-15-28-17-22-23(25(28)30)24(27-26(31)29(22)14-4-2)20-12-9-13-21(16-20)32-18-19-10-7-6-8-11-19/h4,6-13,16,24H,2-3,5,14-15,17-18H2,1H3,(H,27,31). The molecule has 1 atom stereocenters. The van der Waals surface area contributed by atoms with Gasteiger partial charge in [0.1, 0.15) is 12.4 Å². The lowest BCUT2D eigenvalue weighted by Crippen LogP contribution is -2.47. The van der Waals surface area contributed by atoms with Crippen LogP contribution in [-0.2, 0) is 11.4 Å². The lowest BCUT2D eigenvalue weighted by molar-refractivity contribution is -0.125. The van der Waals surface area contributed by atoms with E-state index >= 15 is 0 Å². The van der Waals surface area contributed by atoms with Crippen molar-refractivity contribution in [1.29, 1.82) is 0 Å². The smallest absolute Gasteiger partial charge is 0.322 e. The summed E-state index contributed by atoms with van der Waals surface area (Å²) >= 11 is 0. The third kappa shape index (κ3) is 4.40. The number of nitrogens with one attached hydrogen (secondary N) is 1. The normalized spacial score (nSPS) is 18.0. The fourth-order valence-electron chi connectivity index (χ4n) is 4.18. The van der Waals surface area contributed by atoms with Gasteiger partial charge >= 0.3 is 6.03 Å². The average molecular weight is 432 g/mol. The maximum Gasteiger partial charge on any atom is 0.322 e. The van der Waals surface area contributed by atoms with Gasteiger partial charge in [-0.25, -0.2) is 4.79 Å². The summed E-state index contributed by atoms with van der Waals surface area (Å²) < 4.78 is 5.97. The summed E-state index contributed by atoms with van der Waals surface area (Å²) in [5.41, 5.74) is 3.32. The first-order valence-electron chi connectivity index (χ1n) is 11.1. The summed E-state index contributed by atoms with van der Waals surface area (Å²) in [6.07, 6.45) is 3.62. The molecule has 166 valence electrons. The van der Waals surface area contributed by atoms with Gasteiger partial charge < -0.3 is 15.0 Å². The van der Waals surface area contributed by atoms with E-state index in [1.807, 2.05) is 59.5 Å². The summed E-state index contributed by atoms with van der Waals surface area (Å²) in [6.45, 7) is 7.83. The van der Waals surface area contributed by atoms with E-state index in [9.17, 15) is 9.59 Å². The summed E-state index contributed by atoms with van der Waals surface area (Å²) in [6, 6.07) is 16.9. The molecule has 2 aliphatic heterocycles. The molecule has 0 bridgehead atoms. The zero-order chi connectivity index (χ0) is 22.5. The molecular weight excluding hydrogens is 402 g/mol. The molecular formula is C26H29N3O3. The lowest BCUT2D eigenvalue weighted by atomic mass is 9.95. The molecule has 32 heavy (non-hydrogen) atoms. The van der Waals surface area contributed by atoms with E-state index < -0.39 is 6.04 Å². The van der Waals surface area contributed by atoms with Crippen LogP contribution in [0.2, 0.25) is 0 Å². The van der Waals surface area contributed by atoms with Gasteiger partial charge in [0.2, 0.25) is 0 Å². The van der Waals surface area contributed by atoms with E-state index in [4.69, 9.17) is 4.74 Å². The largest absolute Gasteiger partial charge is 0.489 e. The van der Waals surface area contributed by atoms with Crippen LogP contribution in [0.25, 0.3) is 0 Å². The van der Waals surface area contributed by atoms with Gasteiger partial charge in [0.25, 0.3) is 5.91 Å². The number of hydrogen-bond donors (Lipinski definition) is 1. The molecule has 1 N–H and O–H groups in total. The van der Waals surface area contributed by atoms with Gasteiger partial charge in [-0.1, -0.05) is 61.9 Å². The molecule has 0 radical (unpaired) electrons. The maximum absolute atomic E-state index is 13.3. The van der Waals surface area contributed by atoms with Crippen molar-refractivity contribution in [2.75, 3.05) is 19.6 Å². The van der Waals surface area contributed by atoms with Gasteiger partial charge in [0.05, 0.1) is 23.9 Å². The van der Waals surface area contributed by atoms with E-state index in [0.29, 0.717) is 37.6 Å². The van der Waals surface area contributed by atoms with Crippen molar-refractivity contribution in [3.8, 4) is 5.75 Å². The van der Waals surface area contributed by atoms with Gasteiger partial charge in [-0.05, 0) is 29.7 Å². The van der Waals surface area contributed by atoms with Crippen LogP contribution in [0.15, 0.2) is 78.5 Å². The lowest BCUT2D eigenvalue weighted by Gasteiger charge is -2.33. The Hall–Kier alpha value is -3.54. The first-order chi connectivity index (χ1) is 15.6. The summed E-state index contributed by atoms with van der Waals surface area (Å²) in [5.74, 6) is 0.688. The van der Waals surface area contributed by atoms with Crippen molar-refractivity contribution in [3.63, 3.8) is 0 Å². The molecule has 3 amide bonds. The molecule has 4 rings (SSSR count). The van der Waals surface area contributed by atoms with E-state index in [0.717, 1.165) is 29.7 Å². The fourth-order valence-corrected chi connectivity index (χ4v) is 4.18. The van der Waals surface area contributed by atoms with E-state index in [2.05, 4.69) is 18.8 Å². The molecule has 2 heterocycles. The number of amides is 3. The minimum Gasteiger partial charge on any atom is -0.489 e. The quantitative estimate of drug-likeness (QED) is 0.598. The second kappa shape index (κ2) is 9.73. The van der Waals surface area contributed by atoms with Crippen molar-refractivity contribution in [3.05, 3.63) is 89.6 Å². The zero-order valence-corrected chi connectivity index (χ0v) is 18.4. The molecule has 0 aromatic heterocycles. The van der Waals surface area contributed by atoms with Gasteiger partial charge in [-0.15, -0.1) is 6.58 Å². The zero-order valence-electron chi connectivity index (χ0n) is 18.4. The third-order valence-electron chi connectivity index (χ3n) is 5.83. The molecule has 2 aliphatic rings. The molecule has 0 saturated heterocycles. The topological polar surface area (TPSA) is 61.9 Å². The van der Waals surface area contributed by atoms with Crippen molar-refractivity contribution in [2.45, 2.75) is 32.4 Å². The Bertz CT molecular complexity index is 1030. The van der Waals surface area contributed by atoms with Crippen LogP contribution in [0, 0.1) is 0 Å². The number of rotatable bonds is 9. The second-order valence-corrected chi connectivity index (χ2v) is 8.07. The van der Waals surface area contributed by atoms with Crippen LogP contribution in [0.3, 0.4) is 0 Å². The van der Waals surface area contributed by atoms with Gasteiger partial charge in [0, 0.05) is 13.1 Å². The predicted octanol–water partition coefficient (Wildman–Crippen LogP) is 4.41. The van der Waals surface area contributed by atoms with Gasteiger partial charge in [-0.2, -0.15) is 0 Å². The highest BCUT2D eigenvalue weighted by Crippen LogP contribution is 2.37. The maximum atomic E-state index is 13.3. The van der Waals surface area contributed by atoms with E-state index in [-0.39, 0.29) is 11.9 Å². The minimum atomic E-state index is -0.502. The highest BCUT2D eigenvalue weighted by Gasteiger charge is 2.43. The summed E-state index contributed by atoms with van der Waals surface area (Å²) in [5, 5.41) is 3.03. The minimum absolute atomic E-state index is 0.0110. The Balaban J connectivity index is 1.61. The number of unbranched alkanes of at least 4 members (excludes halogenated alkanes) is 1. The Morgan fingerprint density at radius 1 is 1.16 bits per heavy atom. The number of benzene rings is 2. The Kier molecular flexibility index (Phi) is 6.59. The summed E-state index contributed by atoms with van der Waals surface area (Å²) in [7, 11) is 0. The number of nitrogens with zero attached hydrogens (tertiary/aromatic N) is 2. The van der Waals surface area contributed by atoms with Crippen LogP contribution < -0.4 is 10.1 Å². The number of carbonyl (C=O) groups excluding carboxylic acids is 2. The molecule has 1 unspecified atom stereocenters. The highest BCUT2D eigenvalue weighted by molar-refractivity contribution is 6.01. The summed E-state index contributed by atoms with van der Waals surface area (Å²) in [4.78, 5) is 29.7. The molecule has 0 spiro atoms. The molecule has 2 aromatic rings. The van der Waals surface area contributed by atoms with E-state index in [1.54, 1.807) is 11.0 Å². The number of urea groups is 1. The number of hydrogen-bond acceptors (Lipinski definition) is 3. The number of carbonyl (C=O) groups is 2. The van der Waals surface area contributed by atoms with E-state index in [1.165, 1.54) is 0 Å². The number of ether oxygens (including phenoxy) is 1. The third-order valence-corrected chi connectivity index (χ3v) is 5.83. The van der Waals surface area contributed by atoms with Crippen LogP contribution in [0.5, 0.6) is 5.75 Å². The van der Waals surface area contributed by atoms with Crippen molar-refractivity contribution >= 4 is 11.9 Å². The second-order valence-electron chi connectivity index (χ2n) is 8.07. The molecule has 0 saturated carbocycles. The van der Waals surface area contributed by atoms with Crippen LogP contribution in [0.1, 0.15) is 36.9 Å². The Morgan fingerprint density at radius 2 is 1.97 bits per heavy atom. The van der Waals surface area contributed by atoms with Crippen molar-refractivity contribution in [2.24, 2.45) is 0 Å². The first-order valence-corrected chi connectivity index (χ1v) is 11.1. The van der Waals surface area contributed by atoms with Crippen molar-refractivity contribution in [1.82, 2.24) is 15.1 Å². The average Bonchev–Trinajstić information content (AvgIpc) is 3.15. The molecule has 6 nitrogen and oxygen atoms in total. The SMILES string of the molecule is C=CCN1C(=O)NC(c2cccc(OCc3ccccc3)c2)C2=C1CN(CCCC)C2=O. The van der Waals surface area contributed by atoms with Crippen LogP contribution >= 0.6 is 0 Å². The predicted molar refractivity (Wildman–Crippen MR) is 124 cm³/mol. The van der Waals surface area contributed by atoms with Crippen molar-refractivity contribution < 1.29 is 14.3 Å². The fraction of sp³-hybridized carbons (Fsp3) is 0.308. The molecule has 2 aromatic carbocycles. The molecule has 0 aliphatic carbocycles. The van der Waals surface area contributed by atoms with Crippen LogP contribution in [-0.4, -0.2) is 41.4 Å². The molecule has 0 fully saturated rings. The highest BCUT2D eigenvalue weighted by atomic mass is 16.5. The first kappa shape index (κ1) is 21.7. The van der Waals surface area contributed by atoms with Gasteiger partial charge in [0.15, 0.2) is 0 Å². The van der Waals surface area contributed by atoms with Gasteiger partial charge in [-0.3, -0.25) is 9.69 Å². The Labute approximate surface area is 189 Å².